The number of nitrogens with one attached hydrogen (secondary N) is 1. The summed E-state index contributed by atoms with van der Waals surface area (Å²) in [5.41, 5.74) is 5.34. The first-order valence-corrected chi connectivity index (χ1v) is 4.22. The van der Waals surface area contributed by atoms with Gasteiger partial charge in [-0.15, -0.1) is 15.2 Å². The van der Waals surface area contributed by atoms with Crippen LogP contribution in [-0.4, -0.2) is 32.1 Å². The van der Waals surface area contributed by atoms with E-state index >= 15 is 0 Å². The number of nitrogen functional groups attached to an aromatic ring is 1. The molecule has 1 aliphatic rings. The third-order valence-electron chi connectivity index (χ3n) is 1.75. The zero-order valence-electron chi connectivity index (χ0n) is 7.79. The van der Waals surface area contributed by atoms with E-state index in [-0.39, 0.29) is 12.1 Å². The molecular weight excluding hydrogens is 206 g/mol. The van der Waals surface area contributed by atoms with E-state index in [4.69, 9.17) is 25.8 Å². The Bertz CT molecular complexity index is 317. The fourth-order valence-electron chi connectivity index (χ4n) is 1.23. The largest absolute Gasteiger partial charge is 0.370 e. The predicted molar refractivity (Wildman–Crippen MR) is 47.5 cm³/mol. The first-order valence-electron chi connectivity index (χ1n) is 4.22. The van der Waals surface area contributed by atoms with Gasteiger partial charge in [-0.3, -0.25) is 5.10 Å². The number of nitrogens with zero attached hydrogens (tertiary/aromatic N) is 3. The van der Waals surface area contributed by atoms with Gasteiger partial charge in [-0.05, 0) is 12.8 Å². The molecule has 0 amide bonds. The molecule has 1 aliphatic heterocycles. The average molecular weight is 217 g/mol. The van der Waals surface area contributed by atoms with Gasteiger partial charge in [0.1, 0.15) is 6.10 Å². The minimum Gasteiger partial charge on any atom is -0.370 e. The molecule has 0 saturated carbocycles. The molecule has 84 valence electrons. The summed E-state index contributed by atoms with van der Waals surface area (Å²) in [4.78, 5) is 12.3. The van der Waals surface area contributed by atoms with Gasteiger partial charge in [-0.2, -0.15) is 4.98 Å². The summed E-state index contributed by atoms with van der Waals surface area (Å²) in [6.07, 6.45) is 2.18. The zero-order valence-corrected chi connectivity index (χ0v) is 7.79. The number of rotatable bonds is 1. The van der Waals surface area contributed by atoms with Gasteiger partial charge >= 0.3 is 0 Å². The first kappa shape index (κ1) is 11.2. The Morgan fingerprint density at radius 3 is 2.80 bits per heavy atom. The predicted octanol–water partition coefficient (Wildman–Crippen LogP) is -0.109. The maximum atomic E-state index is 8.36. The van der Waals surface area contributed by atoms with Crippen LogP contribution in [0.1, 0.15) is 24.8 Å². The van der Waals surface area contributed by atoms with Crippen LogP contribution in [0.2, 0.25) is 0 Å². The third-order valence-corrected chi connectivity index (χ3v) is 1.75. The van der Waals surface area contributed by atoms with Crippen molar-refractivity contribution in [3.63, 3.8) is 0 Å². The van der Waals surface area contributed by atoms with Crippen molar-refractivity contribution in [1.82, 2.24) is 15.2 Å². The lowest BCUT2D eigenvalue weighted by atomic mass is 10.2. The van der Waals surface area contributed by atoms with Crippen molar-refractivity contribution >= 4 is 5.95 Å². The van der Waals surface area contributed by atoms with Gasteiger partial charge in [-0.25, -0.2) is 0 Å². The van der Waals surface area contributed by atoms with Gasteiger partial charge < -0.3 is 15.7 Å². The van der Waals surface area contributed by atoms with E-state index in [0.29, 0.717) is 0 Å². The summed E-state index contributed by atoms with van der Waals surface area (Å²) in [7, 11) is 0. The topological polar surface area (TPSA) is 140 Å². The Hall–Kier alpha value is -1.90. The van der Waals surface area contributed by atoms with Crippen LogP contribution in [0.3, 0.4) is 0 Å². The monoisotopic (exact) mass is 217 g/mol. The van der Waals surface area contributed by atoms with Crippen molar-refractivity contribution in [2.24, 2.45) is 0 Å². The number of hydrogen-bond donors (Lipinski definition) is 3. The fourth-order valence-corrected chi connectivity index (χ4v) is 1.23. The minimum atomic E-state index is -1.50. The molecule has 2 heterocycles. The Morgan fingerprint density at radius 2 is 2.40 bits per heavy atom. The van der Waals surface area contributed by atoms with Crippen LogP contribution < -0.4 is 5.73 Å². The molecular formula is C6H11N5O4. The van der Waals surface area contributed by atoms with Gasteiger partial charge in [-0.1, -0.05) is 0 Å². The lowest BCUT2D eigenvalue weighted by molar-refractivity contribution is -0.742. The van der Waals surface area contributed by atoms with E-state index in [9.17, 15) is 0 Å². The van der Waals surface area contributed by atoms with E-state index in [1.165, 1.54) is 0 Å². The van der Waals surface area contributed by atoms with Gasteiger partial charge in [0, 0.05) is 6.61 Å². The van der Waals surface area contributed by atoms with Crippen molar-refractivity contribution in [3.05, 3.63) is 15.9 Å². The van der Waals surface area contributed by atoms with E-state index in [0.717, 1.165) is 25.3 Å². The molecule has 9 heteroatoms. The summed E-state index contributed by atoms with van der Waals surface area (Å²) in [5.74, 6) is 1.04. The second kappa shape index (κ2) is 5.10. The molecule has 1 saturated heterocycles. The maximum absolute atomic E-state index is 8.36. The molecule has 1 aromatic rings. The Balaban J connectivity index is 0.000000245. The van der Waals surface area contributed by atoms with Crippen molar-refractivity contribution in [1.29, 1.82) is 0 Å². The smallest absolute Gasteiger partial charge is 0.291 e. The number of ether oxygens (including phenoxy) is 1. The van der Waals surface area contributed by atoms with Crippen molar-refractivity contribution < 1.29 is 15.0 Å². The van der Waals surface area contributed by atoms with E-state index in [1.54, 1.807) is 0 Å². The quantitative estimate of drug-likeness (QED) is 0.440. The molecule has 1 aromatic heterocycles. The summed E-state index contributed by atoms with van der Waals surface area (Å²) in [5, 5.41) is 20.1. The number of anilines is 1. The lowest BCUT2D eigenvalue weighted by Gasteiger charge is -2.02. The zero-order chi connectivity index (χ0) is 11.3. The molecule has 0 aromatic carbocycles. The maximum Gasteiger partial charge on any atom is 0.291 e. The molecule has 1 fully saturated rings. The average Bonchev–Trinajstić information content (AvgIpc) is 2.71. The Kier molecular flexibility index (Phi) is 3.80. The number of hydrogen-bond acceptors (Lipinski definition) is 6. The van der Waals surface area contributed by atoms with Crippen LogP contribution in [0, 0.1) is 10.1 Å². The summed E-state index contributed by atoms with van der Waals surface area (Å²) in [6.45, 7) is 0.811. The normalized spacial score (nSPS) is 19.3. The van der Waals surface area contributed by atoms with Crippen LogP contribution in [0.15, 0.2) is 0 Å². The number of H-pyrrole nitrogens is 1. The van der Waals surface area contributed by atoms with Crippen molar-refractivity contribution in [2.75, 3.05) is 12.3 Å². The van der Waals surface area contributed by atoms with Crippen LogP contribution >= 0.6 is 0 Å². The number of aromatic nitrogens is 3. The first-order chi connectivity index (χ1) is 7.09. The molecule has 0 aliphatic carbocycles. The van der Waals surface area contributed by atoms with Crippen LogP contribution in [0.4, 0.5) is 5.95 Å². The minimum absolute atomic E-state index is 0.0831. The number of nitrogens with two attached hydrogens (primary N) is 1. The Morgan fingerprint density at radius 1 is 1.73 bits per heavy atom. The molecule has 2 rings (SSSR count). The molecule has 0 bridgehead atoms. The molecule has 0 spiro atoms. The van der Waals surface area contributed by atoms with Gasteiger partial charge in [0.25, 0.3) is 5.09 Å². The van der Waals surface area contributed by atoms with E-state index in [1.807, 2.05) is 0 Å². The van der Waals surface area contributed by atoms with E-state index in [2.05, 4.69) is 15.2 Å². The Labute approximate surface area is 84.4 Å². The molecule has 1 atom stereocenters. The summed E-state index contributed by atoms with van der Waals surface area (Å²) in [6, 6.07) is 0. The highest BCUT2D eigenvalue weighted by Crippen LogP contribution is 2.25. The molecule has 4 N–H and O–H groups in total. The second-order valence-corrected chi connectivity index (χ2v) is 2.82. The summed E-state index contributed by atoms with van der Waals surface area (Å²) >= 11 is 0. The SMILES string of the molecule is Nc1n[nH]c(C2CCCO2)n1.O=[N+]([O-])O. The van der Waals surface area contributed by atoms with Crippen LogP contribution in [-0.2, 0) is 4.74 Å². The highest BCUT2D eigenvalue weighted by atomic mass is 16.9. The fraction of sp³-hybridized carbons (Fsp3) is 0.667. The van der Waals surface area contributed by atoms with Gasteiger partial charge in [0.15, 0.2) is 5.82 Å². The van der Waals surface area contributed by atoms with Gasteiger partial charge in [0.05, 0.1) is 0 Å². The van der Waals surface area contributed by atoms with Crippen LogP contribution in [0.25, 0.3) is 0 Å². The van der Waals surface area contributed by atoms with Crippen molar-refractivity contribution in [3.8, 4) is 0 Å². The van der Waals surface area contributed by atoms with Gasteiger partial charge in [0.2, 0.25) is 5.95 Å². The second-order valence-electron chi connectivity index (χ2n) is 2.82. The van der Waals surface area contributed by atoms with Crippen molar-refractivity contribution in [2.45, 2.75) is 18.9 Å². The standard InChI is InChI=1S/C6H10N4O.HNO3/c7-6-8-5(9-10-6)4-2-1-3-11-4;2-1(3)4/h4H,1-3H2,(H3,7,8,9,10);(H,2,3,4). The molecule has 9 nitrogen and oxygen atoms in total. The summed E-state index contributed by atoms with van der Waals surface area (Å²) < 4.78 is 5.36. The number of aromatic amines is 1. The highest BCUT2D eigenvalue weighted by Gasteiger charge is 2.20. The molecule has 15 heavy (non-hydrogen) atoms. The lowest BCUT2D eigenvalue weighted by Crippen LogP contribution is -1.98. The molecule has 1 unspecified atom stereocenters. The van der Waals surface area contributed by atoms with Crippen LogP contribution in [0.5, 0.6) is 0 Å². The third kappa shape index (κ3) is 3.77. The van der Waals surface area contributed by atoms with E-state index < -0.39 is 5.09 Å². The molecule has 0 radical (unpaired) electrons. The highest BCUT2D eigenvalue weighted by molar-refractivity contribution is 5.13.